The summed E-state index contributed by atoms with van der Waals surface area (Å²) < 4.78 is 18.6. The molecule has 7 atom stereocenters. The molecule has 222 valence electrons. The van der Waals surface area contributed by atoms with Crippen LogP contribution in [0.1, 0.15) is 67.8 Å². The number of rotatable bonds is 5. The molecule has 10 heteroatoms. The number of pyridine rings is 1. The van der Waals surface area contributed by atoms with Gasteiger partial charge in [-0.25, -0.2) is 19.3 Å². The van der Waals surface area contributed by atoms with Gasteiger partial charge in [0.2, 0.25) is 11.4 Å². The molecule has 0 radical (unpaired) electrons. The number of aliphatic hydroxyl groups excluding tert-OH is 1. The third-order valence-corrected chi connectivity index (χ3v) is 11.0. The van der Waals surface area contributed by atoms with Crippen LogP contribution < -0.4 is 0 Å². The minimum absolute atomic E-state index is 0.00375. The van der Waals surface area contributed by atoms with E-state index in [0.717, 1.165) is 36.3 Å². The van der Waals surface area contributed by atoms with Crippen LogP contribution in [-0.4, -0.2) is 50.1 Å². The van der Waals surface area contributed by atoms with Crippen LogP contribution in [0, 0.1) is 39.9 Å². The van der Waals surface area contributed by atoms with Gasteiger partial charge in [0.15, 0.2) is 12.4 Å². The van der Waals surface area contributed by atoms with Crippen molar-refractivity contribution in [3.63, 3.8) is 0 Å². The summed E-state index contributed by atoms with van der Waals surface area (Å²) in [6, 6.07) is 10.7. The molecule has 3 aromatic rings. The maximum Gasteiger partial charge on any atom is 0.375 e. The largest absolute Gasteiger partial charge is 0.457 e. The number of fused-ring (bicyclic) bond motifs is 6. The van der Waals surface area contributed by atoms with Gasteiger partial charge in [0, 0.05) is 11.6 Å². The van der Waals surface area contributed by atoms with Gasteiger partial charge in [-0.05, 0) is 97.6 Å². The number of esters is 2. The Labute approximate surface area is 249 Å². The van der Waals surface area contributed by atoms with Crippen LogP contribution in [0.15, 0.2) is 59.0 Å². The maximum atomic E-state index is 13.7. The molecule has 0 bridgehead atoms. The van der Waals surface area contributed by atoms with E-state index in [1.165, 1.54) is 17.9 Å². The number of allylic oxidation sites excluding steroid dienone is 1. The lowest BCUT2D eigenvalue weighted by atomic mass is 9.45. The highest BCUT2D eigenvalue weighted by atomic mass is 16.6. The number of carbonyl (C=O) groups is 2. The molecule has 0 aromatic carbocycles. The number of nitriles is 1. The summed E-state index contributed by atoms with van der Waals surface area (Å²) in [6.45, 7) is 3.74. The third kappa shape index (κ3) is 3.94. The summed E-state index contributed by atoms with van der Waals surface area (Å²) in [6.07, 6.45) is 10.1. The number of hydrogen-bond acceptors (Lipinski definition) is 9. The van der Waals surface area contributed by atoms with Crippen molar-refractivity contribution in [1.82, 2.24) is 14.8 Å². The Hall–Kier alpha value is -4.23. The summed E-state index contributed by atoms with van der Waals surface area (Å²) in [4.78, 5) is 31.4. The Morgan fingerprint density at radius 2 is 2.09 bits per heavy atom. The van der Waals surface area contributed by atoms with Crippen molar-refractivity contribution < 1.29 is 28.6 Å². The van der Waals surface area contributed by atoms with Crippen LogP contribution >= 0.6 is 0 Å². The van der Waals surface area contributed by atoms with E-state index in [4.69, 9.17) is 19.2 Å². The molecule has 3 aromatic heterocycles. The minimum atomic E-state index is -1.65. The van der Waals surface area contributed by atoms with Gasteiger partial charge in [0.05, 0.1) is 24.3 Å². The van der Waals surface area contributed by atoms with Gasteiger partial charge in [-0.15, -0.1) is 0 Å². The van der Waals surface area contributed by atoms with Crippen LogP contribution in [0.4, 0.5) is 0 Å². The highest BCUT2D eigenvalue weighted by molar-refractivity contribution is 5.91. The van der Waals surface area contributed by atoms with Gasteiger partial charge in [-0.2, -0.15) is 10.4 Å². The van der Waals surface area contributed by atoms with E-state index in [9.17, 15) is 14.7 Å². The van der Waals surface area contributed by atoms with E-state index >= 15 is 0 Å². The molecule has 3 heterocycles. The number of aromatic nitrogens is 3. The second-order valence-corrected chi connectivity index (χ2v) is 12.9. The Morgan fingerprint density at radius 1 is 1.23 bits per heavy atom. The highest BCUT2D eigenvalue weighted by Gasteiger charge is 2.71. The lowest BCUT2D eigenvalue weighted by Crippen LogP contribution is -2.63. The Bertz CT molecular complexity index is 1640. The zero-order chi connectivity index (χ0) is 30.0. The van der Waals surface area contributed by atoms with Gasteiger partial charge in [0.1, 0.15) is 6.07 Å². The predicted molar refractivity (Wildman–Crippen MR) is 152 cm³/mol. The number of ether oxygens (including phenoxy) is 2. The minimum Gasteiger partial charge on any atom is -0.457 e. The summed E-state index contributed by atoms with van der Waals surface area (Å²) in [7, 11) is 0. The number of nitrogens with zero attached hydrogens (tertiary/aromatic N) is 4. The van der Waals surface area contributed by atoms with E-state index in [0.29, 0.717) is 6.42 Å². The molecule has 0 aliphatic heterocycles. The van der Waals surface area contributed by atoms with E-state index < -0.39 is 35.7 Å². The number of hydrogen-bond donors (Lipinski definition) is 1. The number of carbonyl (C=O) groups excluding carboxylic acids is 2. The van der Waals surface area contributed by atoms with Crippen LogP contribution in [0.3, 0.4) is 0 Å². The van der Waals surface area contributed by atoms with Gasteiger partial charge in [-0.1, -0.05) is 25.5 Å². The molecule has 0 spiro atoms. The van der Waals surface area contributed by atoms with Crippen molar-refractivity contribution in [3.05, 3.63) is 71.6 Å². The lowest BCUT2D eigenvalue weighted by molar-refractivity contribution is -0.198. The van der Waals surface area contributed by atoms with Crippen molar-refractivity contribution in [3.8, 4) is 11.9 Å². The summed E-state index contributed by atoms with van der Waals surface area (Å²) in [5.41, 5.74) is 0.597. The van der Waals surface area contributed by atoms with Crippen LogP contribution in [0.2, 0.25) is 0 Å². The Morgan fingerprint density at radius 3 is 2.84 bits per heavy atom. The molecule has 10 nitrogen and oxygen atoms in total. The standard InChI is InChI=1S/C33H34N4O6/c1-31-17-20-19-36-37(27-7-3-4-13-35-27)24(20)16-21(31)8-9-22-23-10-11-33(30(40)42-15-12-34,32(23,2)18-25(38)28(22)31)43-29(39)26-6-5-14-41-26/h3-7,13-14,16,19,22-23,25,28,38H,8-11,15,17-18H2,1-2H3/t22-,23-,25-,28+,31-,32-,33-/m0/s1. The van der Waals surface area contributed by atoms with E-state index in [1.807, 2.05) is 42.1 Å². The Kier molecular flexibility index (Phi) is 6.36. The third-order valence-electron chi connectivity index (χ3n) is 11.0. The molecular weight excluding hydrogens is 548 g/mol. The van der Waals surface area contributed by atoms with Crippen molar-refractivity contribution in [2.45, 2.75) is 64.1 Å². The number of furan rings is 1. The molecule has 3 fully saturated rings. The van der Waals surface area contributed by atoms with Crippen LogP contribution in [0.25, 0.3) is 11.9 Å². The first-order valence-electron chi connectivity index (χ1n) is 14.9. The van der Waals surface area contributed by atoms with Gasteiger partial charge in [0.25, 0.3) is 0 Å². The average Bonchev–Trinajstić information content (AvgIpc) is 3.73. The first-order valence-corrected chi connectivity index (χ1v) is 14.9. The molecule has 0 unspecified atom stereocenters. The molecular formula is C33H34N4O6. The molecule has 4 aliphatic rings. The zero-order valence-electron chi connectivity index (χ0n) is 24.2. The molecule has 43 heavy (non-hydrogen) atoms. The van der Waals surface area contributed by atoms with Crippen molar-refractivity contribution >= 4 is 18.0 Å². The van der Waals surface area contributed by atoms with Crippen molar-refractivity contribution in [2.24, 2.45) is 28.6 Å². The normalized spacial score (nSPS) is 34.0. The lowest BCUT2D eigenvalue weighted by Gasteiger charge is -2.60. The summed E-state index contributed by atoms with van der Waals surface area (Å²) in [5.74, 6) is -0.714. The molecule has 1 N–H and O–H groups in total. The first kappa shape index (κ1) is 27.6. The van der Waals surface area contributed by atoms with E-state index in [2.05, 4.69) is 23.1 Å². The smallest absolute Gasteiger partial charge is 0.375 e. The van der Waals surface area contributed by atoms with Gasteiger partial charge < -0.3 is 19.0 Å². The van der Waals surface area contributed by atoms with E-state index in [1.54, 1.807) is 12.3 Å². The SMILES string of the molecule is C[C@]12Cc3cnn(-c4ccccn4)c3C=C1CC[C@@H]1[C@@H]2[C@@H](O)C[C@@]2(C)[C@H]1CC[C@]2(OC(=O)c1ccco1)C(=O)OCC#N. The van der Waals surface area contributed by atoms with Gasteiger partial charge >= 0.3 is 11.9 Å². The summed E-state index contributed by atoms with van der Waals surface area (Å²) in [5, 5.41) is 25.8. The first-order chi connectivity index (χ1) is 20.7. The van der Waals surface area contributed by atoms with Gasteiger partial charge in [-0.3, -0.25) is 0 Å². The molecule has 3 saturated carbocycles. The van der Waals surface area contributed by atoms with E-state index in [-0.39, 0.29) is 41.8 Å². The second kappa shape index (κ2) is 9.91. The quantitative estimate of drug-likeness (QED) is 0.425. The highest BCUT2D eigenvalue weighted by Crippen LogP contribution is 2.68. The Balaban J connectivity index is 1.24. The van der Waals surface area contributed by atoms with Crippen molar-refractivity contribution in [2.75, 3.05) is 6.61 Å². The predicted octanol–water partition coefficient (Wildman–Crippen LogP) is 4.68. The zero-order valence-corrected chi connectivity index (χ0v) is 24.2. The molecule has 7 rings (SSSR count). The monoisotopic (exact) mass is 582 g/mol. The average molecular weight is 583 g/mol. The van der Waals surface area contributed by atoms with Crippen LogP contribution in [-0.2, 0) is 20.7 Å². The van der Waals surface area contributed by atoms with Crippen molar-refractivity contribution in [1.29, 1.82) is 5.26 Å². The molecule has 0 saturated heterocycles. The fraction of sp³-hybridized carbons (Fsp3) is 0.485. The fourth-order valence-corrected chi connectivity index (χ4v) is 9.20. The molecule has 0 amide bonds. The maximum absolute atomic E-state index is 13.7. The topological polar surface area (TPSA) is 140 Å². The molecule has 4 aliphatic carbocycles. The summed E-state index contributed by atoms with van der Waals surface area (Å²) >= 11 is 0. The number of aliphatic hydroxyl groups is 1. The fourth-order valence-electron chi connectivity index (χ4n) is 9.20. The second-order valence-electron chi connectivity index (χ2n) is 12.9. The van der Waals surface area contributed by atoms with Crippen LogP contribution in [0.5, 0.6) is 0 Å².